The van der Waals surface area contributed by atoms with Crippen molar-refractivity contribution in [1.29, 1.82) is 0 Å². The molecule has 0 aromatic heterocycles. The highest BCUT2D eigenvalue weighted by Gasteiger charge is 2.42. The summed E-state index contributed by atoms with van der Waals surface area (Å²) in [5.74, 6) is 0. The number of nitrogens with one attached hydrogen (secondary N) is 1. The van der Waals surface area contributed by atoms with Gasteiger partial charge in [-0.25, -0.2) is 0 Å². The number of piperidine rings is 1. The smallest absolute Gasteiger partial charge is 0.0717 e. The zero-order chi connectivity index (χ0) is 11.0. The van der Waals surface area contributed by atoms with Crippen molar-refractivity contribution in [3.63, 3.8) is 0 Å². The molecule has 2 N–H and O–H groups in total. The van der Waals surface area contributed by atoms with Gasteiger partial charge in [-0.05, 0) is 31.2 Å². The molecule has 0 radical (unpaired) electrons. The lowest BCUT2D eigenvalue weighted by Gasteiger charge is -2.37. The van der Waals surface area contributed by atoms with Gasteiger partial charge in [-0.1, -0.05) is 30.3 Å². The van der Waals surface area contributed by atoms with E-state index in [0.29, 0.717) is 12.1 Å². The first-order chi connectivity index (χ1) is 7.73. The quantitative estimate of drug-likeness (QED) is 0.792. The van der Waals surface area contributed by atoms with Crippen LogP contribution < -0.4 is 5.32 Å². The molecule has 0 spiro atoms. The highest BCUT2D eigenvalue weighted by atomic mass is 16.3. The summed E-state index contributed by atoms with van der Waals surface area (Å²) in [5.41, 5.74) is 0.782. The van der Waals surface area contributed by atoms with E-state index in [1.165, 1.54) is 18.4 Å². The second kappa shape index (κ2) is 3.86. The first kappa shape index (κ1) is 10.3. The largest absolute Gasteiger partial charge is 0.389 e. The zero-order valence-electron chi connectivity index (χ0n) is 9.52. The molecule has 16 heavy (non-hydrogen) atoms. The van der Waals surface area contributed by atoms with Crippen LogP contribution in [0.2, 0.25) is 0 Å². The summed E-state index contributed by atoms with van der Waals surface area (Å²) < 4.78 is 0. The summed E-state index contributed by atoms with van der Waals surface area (Å²) in [6.07, 6.45) is 5.11. The fourth-order valence-electron chi connectivity index (χ4n) is 3.35. The van der Waals surface area contributed by atoms with Crippen LogP contribution in [-0.2, 0) is 6.42 Å². The average Bonchev–Trinajstić information content (AvgIpc) is 2.59. The Kier molecular flexibility index (Phi) is 2.49. The molecule has 0 saturated carbocycles. The topological polar surface area (TPSA) is 32.3 Å². The molecule has 2 saturated heterocycles. The highest BCUT2D eigenvalue weighted by molar-refractivity contribution is 5.18. The summed E-state index contributed by atoms with van der Waals surface area (Å²) in [4.78, 5) is 0. The SMILES string of the molecule is OC1(Cc2ccccc2)C[C@H]2CC[C@@H](C1)N2. The number of fused-ring (bicyclic) bond motifs is 2. The molecular weight excluding hydrogens is 198 g/mol. The number of hydrogen-bond donors (Lipinski definition) is 2. The number of hydrogen-bond acceptors (Lipinski definition) is 2. The Bertz CT molecular complexity index is 350. The van der Waals surface area contributed by atoms with Crippen LogP contribution in [0.1, 0.15) is 31.2 Å². The average molecular weight is 217 g/mol. The van der Waals surface area contributed by atoms with E-state index in [4.69, 9.17) is 0 Å². The van der Waals surface area contributed by atoms with Gasteiger partial charge in [0, 0.05) is 18.5 Å². The molecule has 2 heterocycles. The zero-order valence-corrected chi connectivity index (χ0v) is 9.52. The van der Waals surface area contributed by atoms with Crippen LogP contribution in [0, 0.1) is 0 Å². The second-order valence-corrected chi connectivity index (χ2v) is 5.43. The fourth-order valence-corrected chi connectivity index (χ4v) is 3.35. The Hall–Kier alpha value is -0.860. The Labute approximate surface area is 96.7 Å². The molecule has 1 aromatic rings. The third kappa shape index (κ3) is 2.00. The predicted octanol–water partition coefficient (Wildman–Crippen LogP) is 1.87. The molecule has 3 rings (SSSR count). The summed E-state index contributed by atoms with van der Waals surface area (Å²) in [6.45, 7) is 0. The van der Waals surface area contributed by atoms with Crippen molar-refractivity contribution in [2.75, 3.05) is 0 Å². The molecule has 1 unspecified atom stereocenters. The van der Waals surface area contributed by atoms with Crippen LogP contribution >= 0.6 is 0 Å². The third-order valence-corrected chi connectivity index (χ3v) is 3.96. The van der Waals surface area contributed by atoms with Gasteiger partial charge in [0.2, 0.25) is 0 Å². The first-order valence-corrected chi connectivity index (χ1v) is 6.26. The maximum Gasteiger partial charge on any atom is 0.0717 e. The second-order valence-electron chi connectivity index (χ2n) is 5.43. The molecule has 3 atom stereocenters. The lowest BCUT2D eigenvalue weighted by molar-refractivity contribution is -0.00608. The number of aliphatic hydroxyl groups is 1. The molecule has 2 heteroatoms. The summed E-state index contributed by atoms with van der Waals surface area (Å²) in [5, 5.41) is 14.2. The molecule has 2 bridgehead atoms. The van der Waals surface area contributed by atoms with E-state index in [1.54, 1.807) is 0 Å². The van der Waals surface area contributed by atoms with Crippen molar-refractivity contribution >= 4 is 0 Å². The molecule has 1 aromatic carbocycles. The third-order valence-electron chi connectivity index (χ3n) is 3.96. The fraction of sp³-hybridized carbons (Fsp3) is 0.571. The maximum absolute atomic E-state index is 10.7. The van der Waals surface area contributed by atoms with Crippen LogP contribution in [0.5, 0.6) is 0 Å². The van der Waals surface area contributed by atoms with Gasteiger partial charge in [-0.3, -0.25) is 0 Å². The minimum atomic E-state index is -0.474. The summed E-state index contributed by atoms with van der Waals surface area (Å²) in [7, 11) is 0. The molecule has 0 aliphatic carbocycles. The molecule has 2 fully saturated rings. The van der Waals surface area contributed by atoms with Gasteiger partial charge in [-0.2, -0.15) is 0 Å². The van der Waals surface area contributed by atoms with Crippen LogP contribution in [0.3, 0.4) is 0 Å². The van der Waals surface area contributed by atoms with Crippen molar-refractivity contribution in [2.45, 2.75) is 49.8 Å². The van der Waals surface area contributed by atoms with Crippen molar-refractivity contribution in [3.05, 3.63) is 35.9 Å². The minimum absolute atomic E-state index is 0.474. The van der Waals surface area contributed by atoms with Crippen molar-refractivity contribution in [3.8, 4) is 0 Å². The highest BCUT2D eigenvalue weighted by Crippen LogP contribution is 2.35. The Morgan fingerprint density at radius 2 is 1.75 bits per heavy atom. The van der Waals surface area contributed by atoms with Gasteiger partial charge in [-0.15, -0.1) is 0 Å². The van der Waals surface area contributed by atoms with Crippen LogP contribution in [0.25, 0.3) is 0 Å². The first-order valence-electron chi connectivity index (χ1n) is 6.26. The predicted molar refractivity (Wildman–Crippen MR) is 64.3 cm³/mol. The normalized spacial score (nSPS) is 37.6. The molecule has 2 aliphatic heterocycles. The monoisotopic (exact) mass is 217 g/mol. The standard InChI is InChI=1S/C14H19NO/c16-14(8-11-4-2-1-3-5-11)9-12-6-7-13(10-14)15-12/h1-5,12-13,15-16H,6-10H2/t12-,13+,14?. The van der Waals surface area contributed by atoms with Crippen LogP contribution in [-0.4, -0.2) is 22.8 Å². The molecule has 2 aliphatic rings. The Morgan fingerprint density at radius 1 is 1.12 bits per heavy atom. The minimum Gasteiger partial charge on any atom is -0.389 e. The van der Waals surface area contributed by atoms with Gasteiger partial charge >= 0.3 is 0 Å². The Balaban J connectivity index is 1.74. The van der Waals surface area contributed by atoms with E-state index in [2.05, 4.69) is 17.4 Å². The van der Waals surface area contributed by atoms with E-state index in [9.17, 15) is 5.11 Å². The van der Waals surface area contributed by atoms with Gasteiger partial charge in [0.15, 0.2) is 0 Å². The van der Waals surface area contributed by atoms with E-state index >= 15 is 0 Å². The lowest BCUT2D eigenvalue weighted by atomic mass is 9.82. The van der Waals surface area contributed by atoms with E-state index in [1.807, 2.05) is 18.2 Å². The van der Waals surface area contributed by atoms with E-state index in [0.717, 1.165) is 19.3 Å². The van der Waals surface area contributed by atoms with Gasteiger partial charge in [0.05, 0.1) is 5.60 Å². The lowest BCUT2D eigenvalue weighted by Crippen LogP contribution is -2.49. The Morgan fingerprint density at radius 3 is 2.38 bits per heavy atom. The van der Waals surface area contributed by atoms with Crippen LogP contribution in [0.15, 0.2) is 30.3 Å². The molecule has 2 nitrogen and oxygen atoms in total. The molecule has 86 valence electrons. The van der Waals surface area contributed by atoms with E-state index in [-0.39, 0.29) is 0 Å². The molecule has 0 amide bonds. The van der Waals surface area contributed by atoms with Gasteiger partial charge < -0.3 is 10.4 Å². The van der Waals surface area contributed by atoms with Crippen LogP contribution in [0.4, 0.5) is 0 Å². The summed E-state index contributed by atoms with van der Waals surface area (Å²) in [6, 6.07) is 11.5. The van der Waals surface area contributed by atoms with Crippen molar-refractivity contribution in [2.24, 2.45) is 0 Å². The molecular formula is C14H19NO. The van der Waals surface area contributed by atoms with Gasteiger partial charge in [0.1, 0.15) is 0 Å². The van der Waals surface area contributed by atoms with E-state index < -0.39 is 5.60 Å². The van der Waals surface area contributed by atoms with Gasteiger partial charge in [0.25, 0.3) is 0 Å². The van der Waals surface area contributed by atoms with Crippen molar-refractivity contribution < 1.29 is 5.11 Å². The summed E-state index contributed by atoms with van der Waals surface area (Å²) >= 11 is 0. The number of rotatable bonds is 2. The maximum atomic E-state index is 10.7. The van der Waals surface area contributed by atoms with Crippen molar-refractivity contribution in [1.82, 2.24) is 5.32 Å². The number of benzene rings is 1.